The molecular weight excluding hydrogens is 390 g/mol. The van der Waals surface area contributed by atoms with Crippen LogP contribution >= 0.6 is 12.4 Å². The Balaban J connectivity index is 0.00000261. The number of carbonyl (C=O) groups excluding carboxylic acids is 1. The van der Waals surface area contributed by atoms with Crippen molar-refractivity contribution in [1.29, 1.82) is 0 Å². The third kappa shape index (κ3) is 4.46. The maximum Gasteiger partial charge on any atom is 0.240 e. The van der Waals surface area contributed by atoms with Gasteiger partial charge >= 0.3 is 0 Å². The van der Waals surface area contributed by atoms with Gasteiger partial charge in [0.1, 0.15) is 0 Å². The van der Waals surface area contributed by atoms with E-state index in [1.54, 1.807) is 30.2 Å². The number of amides is 1. The zero-order valence-corrected chi connectivity index (χ0v) is 17.6. The van der Waals surface area contributed by atoms with Gasteiger partial charge in [-0.05, 0) is 56.5 Å². The number of halogens is 1. The van der Waals surface area contributed by atoms with Crippen molar-refractivity contribution < 1.29 is 17.9 Å². The number of hydrogen-bond acceptors (Lipinski definition) is 5. The van der Waals surface area contributed by atoms with Crippen LogP contribution in [0.3, 0.4) is 0 Å². The molecule has 7 nitrogen and oxygen atoms in total. The Morgan fingerprint density at radius 3 is 2.78 bits per heavy atom. The zero-order chi connectivity index (χ0) is 18.9. The summed E-state index contributed by atoms with van der Waals surface area (Å²) >= 11 is 0. The first kappa shape index (κ1) is 22.1. The molecule has 1 saturated heterocycles. The SMILES string of the molecule is COCC1(CNS(=O)(=O)c2ccc3c(c2)CC(C)N3C(C)=O)CCCN1.Cl. The Bertz CT molecular complexity index is 794. The Hall–Kier alpha value is -1.19. The van der Waals surface area contributed by atoms with Gasteiger partial charge in [-0.25, -0.2) is 13.1 Å². The normalized spacial score (nSPS) is 24.6. The Morgan fingerprint density at radius 1 is 1.44 bits per heavy atom. The van der Waals surface area contributed by atoms with Crippen molar-refractivity contribution in [3.63, 3.8) is 0 Å². The van der Waals surface area contributed by atoms with Crippen LogP contribution in [0.15, 0.2) is 23.1 Å². The lowest BCUT2D eigenvalue weighted by atomic mass is 9.99. The van der Waals surface area contributed by atoms with E-state index in [-0.39, 0.29) is 41.3 Å². The summed E-state index contributed by atoms with van der Waals surface area (Å²) in [5, 5.41) is 3.36. The molecule has 2 aliphatic heterocycles. The predicted molar refractivity (Wildman–Crippen MR) is 107 cm³/mol. The van der Waals surface area contributed by atoms with E-state index in [2.05, 4.69) is 10.0 Å². The molecular formula is C18H28ClN3O4S. The molecule has 3 rings (SSSR count). The van der Waals surface area contributed by atoms with Gasteiger partial charge in [0.15, 0.2) is 0 Å². The number of nitrogens with one attached hydrogen (secondary N) is 2. The van der Waals surface area contributed by atoms with Gasteiger partial charge in [-0.2, -0.15) is 0 Å². The van der Waals surface area contributed by atoms with Gasteiger partial charge in [-0.15, -0.1) is 12.4 Å². The van der Waals surface area contributed by atoms with Crippen LogP contribution in [0.4, 0.5) is 5.69 Å². The second-order valence-corrected chi connectivity index (χ2v) is 9.07. The third-order valence-corrected chi connectivity index (χ3v) is 6.67. The van der Waals surface area contributed by atoms with Gasteiger partial charge in [0.25, 0.3) is 0 Å². The summed E-state index contributed by atoms with van der Waals surface area (Å²) in [6.07, 6.45) is 2.54. The minimum atomic E-state index is -3.63. The van der Waals surface area contributed by atoms with Crippen LogP contribution in [0, 0.1) is 0 Å². The standard InChI is InChI=1S/C18H27N3O4S.ClH/c1-13-9-15-10-16(5-6-17(15)21(13)14(2)22)26(23,24)20-11-18(12-25-3)7-4-8-19-18;/h5-6,10,13,19-20H,4,7-9,11-12H2,1-3H3;1H. The Labute approximate surface area is 167 Å². The van der Waals surface area contributed by atoms with Crippen molar-refractivity contribution in [2.75, 3.05) is 31.7 Å². The first-order valence-electron chi connectivity index (χ1n) is 8.94. The first-order valence-corrected chi connectivity index (χ1v) is 10.4. The van der Waals surface area contributed by atoms with E-state index < -0.39 is 10.0 Å². The maximum atomic E-state index is 12.8. The van der Waals surface area contributed by atoms with Gasteiger partial charge in [0.2, 0.25) is 15.9 Å². The molecule has 2 aliphatic rings. The van der Waals surface area contributed by atoms with Crippen LogP contribution in [0.5, 0.6) is 0 Å². The molecule has 27 heavy (non-hydrogen) atoms. The molecule has 2 atom stereocenters. The van der Waals surface area contributed by atoms with E-state index >= 15 is 0 Å². The fourth-order valence-electron chi connectivity index (χ4n) is 4.04. The summed E-state index contributed by atoms with van der Waals surface area (Å²) in [6.45, 7) is 5.11. The highest BCUT2D eigenvalue weighted by molar-refractivity contribution is 7.89. The van der Waals surface area contributed by atoms with Gasteiger partial charge in [-0.3, -0.25) is 4.79 Å². The Morgan fingerprint density at radius 2 is 2.19 bits per heavy atom. The molecule has 2 heterocycles. The second-order valence-electron chi connectivity index (χ2n) is 7.30. The van der Waals surface area contributed by atoms with Crippen molar-refractivity contribution in [3.05, 3.63) is 23.8 Å². The van der Waals surface area contributed by atoms with Crippen LogP contribution in [-0.2, 0) is 26.0 Å². The van der Waals surface area contributed by atoms with E-state index in [1.165, 1.54) is 6.92 Å². The number of sulfonamides is 1. The number of anilines is 1. The average Bonchev–Trinajstić information content (AvgIpc) is 3.16. The molecule has 0 bridgehead atoms. The zero-order valence-electron chi connectivity index (χ0n) is 15.9. The predicted octanol–water partition coefficient (Wildman–Crippen LogP) is 1.45. The number of rotatable bonds is 6. The van der Waals surface area contributed by atoms with E-state index in [0.717, 1.165) is 30.6 Å². The minimum Gasteiger partial charge on any atom is -0.383 e. The van der Waals surface area contributed by atoms with Gasteiger partial charge in [0.05, 0.1) is 17.0 Å². The lowest BCUT2D eigenvalue weighted by molar-refractivity contribution is -0.116. The summed E-state index contributed by atoms with van der Waals surface area (Å²) in [6, 6.07) is 5.02. The maximum absolute atomic E-state index is 12.8. The average molecular weight is 418 g/mol. The van der Waals surface area contributed by atoms with E-state index in [9.17, 15) is 13.2 Å². The highest BCUT2D eigenvalue weighted by Crippen LogP contribution is 2.34. The highest BCUT2D eigenvalue weighted by Gasteiger charge is 2.35. The number of hydrogen-bond donors (Lipinski definition) is 2. The first-order chi connectivity index (χ1) is 12.3. The minimum absolute atomic E-state index is 0. The van der Waals surface area contributed by atoms with Gasteiger partial charge in [-0.1, -0.05) is 0 Å². The Kier molecular flexibility index (Phi) is 6.91. The monoisotopic (exact) mass is 417 g/mol. The smallest absolute Gasteiger partial charge is 0.240 e. The van der Waals surface area contributed by atoms with Gasteiger partial charge in [0, 0.05) is 32.3 Å². The van der Waals surface area contributed by atoms with E-state index in [1.807, 2.05) is 6.92 Å². The summed E-state index contributed by atoms with van der Waals surface area (Å²) in [4.78, 5) is 13.8. The van der Waals surface area contributed by atoms with Crippen molar-refractivity contribution in [1.82, 2.24) is 10.0 Å². The molecule has 1 amide bonds. The van der Waals surface area contributed by atoms with Crippen LogP contribution < -0.4 is 14.9 Å². The molecule has 0 saturated carbocycles. The summed E-state index contributed by atoms with van der Waals surface area (Å²) in [5.41, 5.74) is 1.34. The molecule has 1 aromatic carbocycles. The molecule has 0 aliphatic carbocycles. The van der Waals surface area contributed by atoms with Crippen LogP contribution in [0.2, 0.25) is 0 Å². The number of nitrogens with zero attached hydrogens (tertiary/aromatic N) is 1. The van der Waals surface area contributed by atoms with Crippen molar-refractivity contribution in [2.24, 2.45) is 0 Å². The molecule has 9 heteroatoms. The molecule has 0 spiro atoms. The molecule has 2 N–H and O–H groups in total. The molecule has 0 radical (unpaired) electrons. The van der Waals surface area contributed by atoms with Crippen LogP contribution in [-0.4, -0.2) is 52.7 Å². The lowest BCUT2D eigenvalue weighted by Gasteiger charge is -2.28. The molecule has 1 fully saturated rings. The lowest BCUT2D eigenvalue weighted by Crippen LogP contribution is -2.52. The largest absolute Gasteiger partial charge is 0.383 e. The molecule has 152 valence electrons. The molecule has 2 unspecified atom stereocenters. The summed E-state index contributed by atoms with van der Waals surface area (Å²) in [5.74, 6) is -0.0289. The quantitative estimate of drug-likeness (QED) is 0.731. The van der Waals surface area contributed by atoms with E-state index in [0.29, 0.717) is 13.0 Å². The second kappa shape index (κ2) is 8.45. The van der Waals surface area contributed by atoms with Gasteiger partial charge < -0.3 is 15.0 Å². The summed E-state index contributed by atoms with van der Waals surface area (Å²) < 4.78 is 33.5. The highest BCUT2D eigenvalue weighted by atomic mass is 35.5. The number of benzene rings is 1. The van der Waals surface area contributed by atoms with Crippen LogP contribution in [0.25, 0.3) is 0 Å². The van der Waals surface area contributed by atoms with Crippen molar-refractivity contribution in [3.8, 4) is 0 Å². The summed E-state index contributed by atoms with van der Waals surface area (Å²) in [7, 11) is -2.01. The number of carbonyl (C=O) groups is 1. The number of fused-ring (bicyclic) bond motifs is 1. The van der Waals surface area contributed by atoms with Crippen LogP contribution in [0.1, 0.15) is 32.3 Å². The topological polar surface area (TPSA) is 87.7 Å². The number of ether oxygens (including phenoxy) is 1. The number of methoxy groups -OCH3 is 1. The van der Waals surface area contributed by atoms with Crippen molar-refractivity contribution >= 4 is 34.0 Å². The molecule has 1 aromatic rings. The fraction of sp³-hybridized carbons (Fsp3) is 0.611. The van der Waals surface area contributed by atoms with Crippen molar-refractivity contribution in [2.45, 2.75) is 49.6 Å². The molecule has 0 aromatic heterocycles. The fourth-order valence-corrected chi connectivity index (χ4v) is 5.22. The van der Waals surface area contributed by atoms with E-state index in [4.69, 9.17) is 4.74 Å². The third-order valence-electron chi connectivity index (χ3n) is 5.27.